The molecule has 1 atom stereocenters. The summed E-state index contributed by atoms with van der Waals surface area (Å²) in [6.45, 7) is 6.43. The molecule has 0 saturated carbocycles. The lowest BCUT2D eigenvalue weighted by atomic mass is 9.99. The van der Waals surface area contributed by atoms with E-state index in [0.29, 0.717) is 6.04 Å². The van der Waals surface area contributed by atoms with Gasteiger partial charge < -0.3 is 10.1 Å². The molecule has 0 amide bonds. The smallest absolute Gasteiger partial charge is 0.0623 e. The van der Waals surface area contributed by atoms with Crippen molar-refractivity contribution in [1.29, 1.82) is 0 Å². The highest BCUT2D eigenvalue weighted by Gasteiger charge is 2.18. The van der Waals surface area contributed by atoms with E-state index in [0.717, 1.165) is 18.6 Å². The minimum Gasteiger partial charge on any atom is -0.379 e. The Hall–Kier alpha value is -0.510. The number of thioether (sulfide) groups is 1. The maximum absolute atomic E-state index is 5.48. The SMILES string of the molecule is CNC(CCC(C)(C)OC)CSc1cccc(C)c1. The monoisotopic (exact) mass is 281 g/mol. The van der Waals surface area contributed by atoms with E-state index in [9.17, 15) is 0 Å². The summed E-state index contributed by atoms with van der Waals surface area (Å²) >= 11 is 1.92. The van der Waals surface area contributed by atoms with Crippen LogP contribution in [0.25, 0.3) is 0 Å². The van der Waals surface area contributed by atoms with Gasteiger partial charge in [0.1, 0.15) is 0 Å². The van der Waals surface area contributed by atoms with Gasteiger partial charge in [-0.15, -0.1) is 11.8 Å². The van der Waals surface area contributed by atoms with Crippen LogP contribution in [0.1, 0.15) is 32.3 Å². The predicted octanol–water partition coefficient (Wildman–Crippen LogP) is 3.88. The molecule has 0 bridgehead atoms. The van der Waals surface area contributed by atoms with Gasteiger partial charge >= 0.3 is 0 Å². The van der Waals surface area contributed by atoms with E-state index < -0.39 is 0 Å². The maximum atomic E-state index is 5.48. The van der Waals surface area contributed by atoms with Crippen molar-refractivity contribution in [3.8, 4) is 0 Å². The van der Waals surface area contributed by atoms with Crippen molar-refractivity contribution in [1.82, 2.24) is 5.32 Å². The fraction of sp³-hybridized carbons (Fsp3) is 0.625. The summed E-state index contributed by atoms with van der Waals surface area (Å²) in [6.07, 6.45) is 2.21. The Morgan fingerprint density at radius 1 is 1.37 bits per heavy atom. The highest BCUT2D eigenvalue weighted by molar-refractivity contribution is 7.99. The summed E-state index contributed by atoms with van der Waals surface area (Å²) in [5.74, 6) is 1.10. The van der Waals surface area contributed by atoms with E-state index in [1.807, 2.05) is 18.8 Å². The number of methoxy groups -OCH3 is 1. The summed E-state index contributed by atoms with van der Waals surface area (Å²) in [7, 11) is 3.83. The molecule has 19 heavy (non-hydrogen) atoms. The summed E-state index contributed by atoms with van der Waals surface area (Å²) < 4.78 is 5.48. The van der Waals surface area contributed by atoms with Crippen LogP contribution in [0.15, 0.2) is 29.2 Å². The molecule has 0 aliphatic carbocycles. The zero-order chi connectivity index (χ0) is 14.3. The number of benzene rings is 1. The Morgan fingerprint density at radius 3 is 2.68 bits per heavy atom. The fourth-order valence-electron chi connectivity index (χ4n) is 1.84. The average molecular weight is 281 g/mol. The predicted molar refractivity (Wildman–Crippen MR) is 85.1 cm³/mol. The number of nitrogens with one attached hydrogen (secondary N) is 1. The normalized spacial score (nSPS) is 13.5. The van der Waals surface area contributed by atoms with Crippen molar-refractivity contribution in [2.24, 2.45) is 0 Å². The third-order valence-electron chi connectivity index (χ3n) is 3.50. The first-order chi connectivity index (χ1) is 8.96. The van der Waals surface area contributed by atoms with Crippen LogP contribution in [0, 0.1) is 6.92 Å². The molecule has 3 heteroatoms. The first kappa shape index (κ1) is 16.5. The van der Waals surface area contributed by atoms with E-state index in [2.05, 4.69) is 50.4 Å². The van der Waals surface area contributed by atoms with Gasteiger partial charge in [-0.3, -0.25) is 0 Å². The molecule has 0 fully saturated rings. The van der Waals surface area contributed by atoms with Gasteiger partial charge in [0.25, 0.3) is 0 Å². The van der Waals surface area contributed by atoms with Crippen LogP contribution >= 0.6 is 11.8 Å². The molecular formula is C16H27NOS. The van der Waals surface area contributed by atoms with E-state index in [1.165, 1.54) is 10.5 Å². The van der Waals surface area contributed by atoms with E-state index in [-0.39, 0.29) is 5.60 Å². The standard InChI is InChI=1S/C16H27NOS/c1-13-7-6-8-15(11-13)19-12-14(17-4)9-10-16(2,3)18-5/h6-8,11,14,17H,9-10,12H2,1-5H3. The third kappa shape index (κ3) is 6.46. The second-order valence-corrected chi connectivity index (χ2v) is 6.71. The lowest BCUT2D eigenvalue weighted by molar-refractivity contribution is 0.0123. The van der Waals surface area contributed by atoms with Gasteiger partial charge in [-0.25, -0.2) is 0 Å². The highest BCUT2D eigenvalue weighted by atomic mass is 32.2. The molecule has 0 aliphatic rings. The Bertz CT molecular complexity index is 379. The van der Waals surface area contributed by atoms with Crippen molar-refractivity contribution in [2.45, 2.75) is 50.2 Å². The number of aryl methyl sites for hydroxylation is 1. The van der Waals surface area contributed by atoms with E-state index in [1.54, 1.807) is 7.11 Å². The lowest BCUT2D eigenvalue weighted by Gasteiger charge is -2.25. The Balaban J connectivity index is 2.40. The van der Waals surface area contributed by atoms with Crippen LogP contribution in [0.3, 0.4) is 0 Å². The summed E-state index contributed by atoms with van der Waals surface area (Å²) in [4.78, 5) is 1.35. The summed E-state index contributed by atoms with van der Waals surface area (Å²) in [5.41, 5.74) is 1.30. The van der Waals surface area contributed by atoms with Crippen molar-refractivity contribution < 1.29 is 4.74 Å². The van der Waals surface area contributed by atoms with Gasteiger partial charge in [0.05, 0.1) is 5.60 Å². The molecule has 0 aromatic heterocycles. The van der Waals surface area contributed by atoms with Crippen molar-refractivity contribution >= 4 is 11.8 Å². The first-order valence-electron chi connectivity index (χ1n) is 6.89. The number of rotatable bonds is 8. The van der Waals surface area contributed by atoms with Crippen LogP contribution in [0.2, 0.25) is 0 Å². The summed E-state index contributed by atoms with van der Waals surface area (Å²) in [6, 6.07) is 9.22. The topological polar surface area (TPSA) is 21.3 Å². The number of hydrogen-bond donors (Lipinski definition) is 1. The molecule has 108 valence electrons. The molecule has 1 rings (SSSR count). The van der Waals surface area contributed by atoms with Crippen LogP contribution in [0.5, 0.6) is 0 Å². The van der Waals surface area contributed by atoms with Crippen LogP contribution in [-0.2, 0) is 4.74 Å². The van der Waals surface area contributed by atoms with Crippen LogP contribution < -0.4 is 5.32 Å². The second-order valence-electron chi connectivity index (χ2n) is 5.62. The Morgan fingerprint density at radius 2 is 2.11 bits per heavy atom. The van der Waals surface area contributed by atoms with E-state index >= 15 is 0 Å². The van der Waals surface area contributed by atoms with Crippen molar-refractivity contribution in [3.05, 3.63) is 29.8 Å². The van der Waals surface area contributed by atoms with E-state index in [4.69, 9.17) is 4.74 Å². The summed E-state index contributed by atoms with van der Waals surface area (Å²) in [5, 5.41) is 3.41. The molecule has 1 N–H and O–H groups in total. The fourth-order valence-corrected chi connectivity index (χ4v) is 3.01. The Labute approximate surface area is 122 Å². The van der Waals surface area contributed by atoms with Crippen LogP contribution in [0.4, 0.5) is 0 Å². The largest absolute Gasteiger partial charge is 0.379 e. The van der Waals surface area contributed by atoms with Gasteiger partial charge in [0.15, 0.2) is 0 Å². The average Bonchev–Trinajstić information content (AvgIpc) is 2.39. The minimum absolute atomic E-state index is 0.0247. The molecule has 1 aromatic rings. The molecule has 1 unspecified atom stereocenters. The zero-order valence-electron chi connectivity index (χ0n) is 12.8. The van der Waals surface area contributed by atoms with Gasteiger partial charge in [-0.05, 0) is 52.8 Å². The van der Waals surface area contributed by atoms with Crippen molar-refractivity contribution in [2.75, 3.05) is 19.9 Å². The molecule has 0 radical (unpaired) electrons. The highest BCUT2D eigenvalue weighted by Crippen LogP contribution is 2.23. The second kappa shape index (κ2) is 7.93. The number of hydrogen-bond acceptors (Lipinski definition) is 3. The minimum atomic E-state index is -0.0247. The van der Waals surface area contributed by atoms with Crippen molar-refractivity contribution in [3.63, 3.8) is 0 Å². The third-order valence-corrected chi connectivity index (χ3v) is 4.65. The first-order valence-corrected chi connectivity index (χ1v) is 7.87. The quantitative estimate of drug-likeness (QED) is 0.731. The zero-order valence-corrected chi connectivity index (χ0v) is 13.6. The Kier molecular flexibility index (Phi) is 6.90. The molecule has 0 spiro atoms. The van der Waals surface area contributed by atoms with Gasteiger partial charge in [0, 0.05) is 23.8 Å². The molecular weight excluding hydrogens is 254 g/mol. The van der Waals surface area contributed by atoms with Gasteiger partial charge in [-0.1, -0.05) is 17.7 Å². The number of ether oxygens (including phenoxy) is 1. The maximum Gasteiger partial charge on any atom is 0.0623 e. The molecule has 1 aromatic carbocycles. The molecule has 0 saturated heterocycles. The van der Waals surface area contributed by atoms with Gasteiger partial charge in [-0.2, -0.15) is 0 Å². The molecule has 0 heterocycles. The van der Waals surface area contributed by atoms with Crippen LogP contribution in [-0.4, -0.2) is 31.6 Å². The molecule has 2 nitrogen and oxygen atoms in total. The van der Waals surface area contributed by atoms with Gasteiger partial charge in [0.2, 0.25) is 0 Å². The molecule has 0 aliphatic heterocycles. The lowest BCUT2D eigenvalue weighted by Crippen LogP contribution is -2.32.